The third kappa shape index (κ3) is 1.92. The van der Waals surface area contributed by atoms with Crippen molar-refractivity contribution in [1.82, 2.24) is 4.98 Å². The predicted octanol–water partition coefficient (Wildman–Crippen LogP) is 1.95. The van der Waals surface area contributed by atoms with Crippen LogP contribution in [-0.4, -0.2) is 16.1 Å². The van der Waals surface area contributed by atoms with E-state index < -0.39 is 12.0 Å². The standard InChI is InChI=1S/C12H14N2O2/c1-7-2-3-11-8(4-7)9(6-14-11)10(13)5-12(15)16/h2-4,6,10,14H,5,13H2,1H3,(H,15,16). The number of aromatic nitrogens is 1. The first-order valence-electron chi connectivity index (χ1n) is 5.13. The van der Waals surface area contributed by atoms with Gasteiger partial charge in [-0.1, -0.05) is 11.6 Å². The Bertz CT molecular complexity index is 531. The van der Waals surface area contributed by atoms with Crippen molar-refractivity contribution in [1.29, 1.82) is 0 Å². The van der Waals surface area contributed by atoms with E-state index in [-0.39, 0.29) is 6.42 Å². The van der Waals surface area contributed by atoms with Crippen LogP contribution < -0.4 is 5.73 Å². The zero-order valence-corrected chi connectivity index (χ0v) is 9.03. The maximum Gasteiger partial charge on any atom is 0.305 e. The van der Waals surface area contributed by atoms with Gasteiger partial charge in [-0.15, -0.1) is 0 Å². The number of carboxylic acid groups (broad SMARTS) is 1. The lowest BCUT2D eigenvalue weighted by Gasteiger charge is -2.07. The van der Waals surface area contributed by atoms with E-state index in [1.54, 1.807) is 6.20 Å². The first-order valence-corrected chi connectivity index (χ1v) is 5.13. The smallest absolute Gasteiger partial charge is 0.305 e. The first kappa shape index (κ1) is 10.7. The number of H-pyrrole nitrogens is 1. The number of carbonyl (C=O) groups is 1. The molecule has 0 saturated heterocycles. The third-order valence-electron chi connectivity index (χ3n) is 2.66. The molecule has 84 valence electrons. The van der Waals surface area contributed by atoms with E-state index in [2.05, 4.69) is 4.98 Å². The summed E-state index contributed by atoms with van der Waals surface area (Å²) in [5.74, 6) is -0.880. The van der Waals surface area contributed by atoms with E-state index in [0.29, 0.717) is 0 Å². The molecule has 1 aromatic carbocycles. The highest BCUT2D eigenvalue weighted by atomic mass is 16.4. The molecule has 0 spiro atoms. The van der Waals surface area contributed by atoms with Crippen molar-refractivity contribution in [3.05, 3.63) is 35.5 Å². The van der Waals surface area contributed by atoms with Gasteiger partial charge in [0.2, 0.25) is 0 Å². The van der Waals surface area contributed by atoms with Gasteiger partial charge < -0.3 is 15.8 Å². The van der Waals surface area contributed by atoms with Crippen molar-refractivity contribution in [2.24, 2.45) is 5.73 Å². The van der Waals surface area contributed by atoms with Crippen molar-refractivity contribution in [3.63, 3.8) is 0 Å². The van der Waals surface area contributed by atoms with Crippen LogP contribution in [-0.2, 0) is 4.79 Å². The molecule has 1 aromatic heterocycles. The van der Waals surface area contributed by atoms with E-state index in [9.17, 15) is 4.79 Å². The molecular formula is C12H14N2O2. The molecule has 2 rings (SSSR count). The van der Waals surface area contributed by atoms with Crippen molar-refractivity contribution >= 4 is 16.9 Å². The van der Waals surface area contributed by atoms with Gasteiger partial charge in [0.1, 0.15) is 0 Å². The fourth-order valence-corrected chi connectivity index (χ4v) is 1.86. The SMILES string of the molecule is Cc1ccc2[nH]cc(C(N)CC(=O)O)c2c1. The zero-order chi connectivity index (χ0) is 11.7. The lowest BCUT2D eigenvalue weighted by molar-refractivity contribution is -0.137. The van der Waals surface area contributed by atoms with Crippen LogP contribution in [0.5, 0.6) is 0 Å². The van der Waals surface area contributed by atoms with Crippen LogP contribution in [0.15, 0.2) is 24.4 Å². The fourth-order valence-electron chi connectivity index (χ4n) is 1.86. The van der Waals surface area contributed by atoms with E-state index in [1.807, 2.05) is 25.1 Å². The second-order valence-corrected chi connectivity index (χ2v) is 4.00. The Labute approximate surface area is 93.1 Å². The highest BCUT2D eigenvalue weighted by Crippen LogP contribution is 2.25. The second-order valence-electron chi connectivity index (χ2n) is 4.00. The Hall–Kier alpha value is -1.81. The number of carboxylic acids is 1. The van der Waals surface area contributed by atoms with Crippen LogP contribution in [0.2, 0.25) is 0 Å². The Morgan fingerprint density at radius 1 is 1.56 bits per heavy atom. The van der Waals surface area contributed by atoms with Crippen LogP contribution in [0.4, 0.5) is 0 Å². The van der Waals surface area contributed by atoms with Crippen LogP contribution in [0, 0.1) is 6.92 Å². The third-order valence-corrected chi connectivity index (χ3v) is 2.66. The van der Waals surface area contributed by atoms with Crippen LogP contribution >= 0.6 is 0 Å². The normalized spacial score (nSPS) is 12.9. The monoisotopic (exact) mass is 218 g/mol. The fraction of sp³-hybridized carbons (Fsp3) is 0.250. The number of fused-ring (bicyclic) bond motifs is 1. The van der Waals surface area contributed by atoms with Crippen molar-refractivity contribution < 1.29 is 9.90 Å². The van der Waals surface area contributed by atoms with Crippen LogP contribution in [0.3, 0.4) is 0 Å². The maximum absolute atomic E-state index is 10.6. The molecule has 1 atom stereocenters. The van der Waals surface area contributed by atoms with Gasteiger partial charge in [-0.05, 0) is 24.6 Å². The number of nitrogens with two attached hydrogens (primary N) is 1. The van der Waals surface area contributed by atoms with Crippen molar-refractivity contribution in [3.8, 4) is 0 Å². The number of nitrogens with one attached hydrogen (secondary N) is 1. The number of hydrogen-bond donors (Lipinski definition) is 3. The summed E-state index contributed by atoms with van der Waals surface area (Å²) < 4.78 is 0. The molecule has 2 aromatic rings. The average molecular weight is 218 g/mol. The summed E-state index contributed by atoms with van der Waals surface area (Å²) in [6.07, 6.45) is 1.73. The number of hydrogen-bond acceptors (Lipinski definition) is 2. The van der Waals surface area contributed by atoms with Gasteiger partial charge in [0.15, 0.2) is 0 Å². The van der Waals surface area contributed by atoms with Gasteiger partial charge in [-0.25, -0.2) is 0 Å². The van der Waals surface area contributed by atoms with Gasteiger partial charge in [-0.3, -0.25) is 4.79 Å². The summed E-state index contributed by atoms with van der Waals surface area (Å²) in [5.41, 5.74) is 8.84. The van der Waals surface area contributed by atoms with Crippen LogP contribution in [0.1, 0.15) is 23.6 Å². The molecule has 0 saturated carbocycles. The minimum absolute atomic E-state index is 0.0547. The molecule has 4 nitrogen and oxygen atoms in total. The maximum atomic E-state index is 10.6. The van der Waals surface area contributed by atoms with E-state index >= 15 is 0 Å². The van der Waals surface area contributed by atoms with Gasteiger partial charge >= 0.3 is 5.97 Å². The molecule has 16 heavy (non-hydrogen) atoms. The zero-order valence-electron chi connectivity index (χ0n) is 9.03. The average Bonchev–Trinajstić information content (AvgIpc) is 2.59. The molecule has 0 fully saturated rings. The second kappa shape index (κ2) is 3.98. The topological polar surface area (TPSA) is 79.1 Å². The molecular weight excluding hydrogens is 204 g/mol. The lowest BCUT2D eigenvalue weighted by Crippen LogP contribution is -2.14. The first-order chi connectivity index (χ1) is 7.58. The number of aromatic amines is 1. The summed E-state index contributed by atoms with van der Waals surface area (Å²) in [5, 5.41) is 9.73. The molecule has 0 amide bonds. The number of aliphatic carboxylic acids is 1. The molecule has 0 aliphatic rings. The molecule has 4 heteroatoms. The largest absolute Gasteiger partial charge is 0.481 e. The Kier molecular flexibility index (Phi) is 2.66. The Morgan fingerprint density at radius 3 is 3.00 bits per heavy atom. The quantitative estimate of drug-likeness (QED) is 0.736. The summed E-state index contributed by atoms with van der Waals surface area (Å²) in [7, 11) is 0. The summed E-state index contributed by atoms with van der Waals surface area (Å²) in [4.78, 5) is 13.7. The molecule has 0 aliphatic heterocycles. The molecule has 0 aliphatic carbocycles. The number of rotatable bonds is 3. The van der Waals surface area contributed by atoms with Gasteiger partial charge in [0.05, 0.1) is 6.42 Å². The van der Waals surface area contributed by atoms with E-state index in [1.165, 1.54) is 0 Å². The minimum Gasteiger partial charge on any atom is -0.481 e. The predicted molar refractivity (Wildman–Crippen MR) is 62.2 cm³/mol. The summed E-state index contributed by atoms with van der Waals surface area (Å²) in [6.45, 7) is 2.00. The molecule has 4 N–H and O–H groups in total. The highest BCUT2D eigenvalue weighted by Gasteiger charge is 2.14. The van der Waals surface area contributed by atoms with Crippen molar-refractivity contribution in [2.75, 3.05) is 0 Å². The van der Waals surface area contributed by atoms with E-state index in [4.69, 9.17) is 10.8 Å². The van der Waals surface area contributed by atoms with Crippen molar-refractivity contribution in [2.45, 2.75) is 19.4 Å². The summed E-state index contributed by atoms with van der Waals surface area (Å²) >= 11 is 0. The lowest BCUT2D eigenvalue weighted by atomic mass is 10.0. The van der Waals surface area contributed by atoms with Gasteiger partial charge in [0.25, 0.3) is 0 Å². The molecule has 0 radical (unpaired) electrons. The highest BCUT2D eigenvalue weighted by molar-refractivity contribution is 5.85. The Morgan fingerprint density at radius 2 is 2.31 bits per heavy atom. The van der Waals surface area contributed by atoms with Gasteiger partial charge in [-0.2, -0.15) is 0 Å². The van der Waals surface area contributed by atoms with Gasteiger partial charge in [0, 0.05) is 23.1 Å². The Balaban J connectivity index is 2.44. The number of aryl methyl sites for hydroxylation is 1. The molecule has 0 bridgehead atoms. The summed E-state index contributed by atoms with van der Waals surface area (Å²) in [6, 6.07) is 5.53. The number of benzene rings is 1. The molecule has 1 unspecified atom stereocenters. The van der Waals surface area contributed by atoms with Crippen LogP contribution in [0.25, 0.3) is 10.9 Å². The molecule has 1 heterocycles. The van der Waals surface area contributed by atoms with E-state index in [0.717, 1.165) is 22.0 Å². The minimum atomic E-state index is -0.880.